The average Bonchev–Trinajstić information content (AvgIpc) is 2.42. The first-order valence-corrected chi connectivity index (χ1v) is 6.10. The number of carbonyl (C=O) groups excluding carboxylic acids is 1. The van der Waals surface area contributed by atoms with Gasteiger partial charge in [-0.05, 0) is 35.9 Å². The van der Waals surface area contributed by atoms with Crippen molar-refractivity contribution in [3.8, 4) is 6.07 Å². The standard InChI is InChI=1S/C15H11ClN2O/c16-12-5-7-13(8-6-12)18-15(19)14-4-2-1-3-11(14)9-10-17/h1-8H,9H2,(H,18,19). The molecule has 0 aromatic heterocycles. The number of hydrogen-bond donors (Lipinski definition) is 1. The quantitative estimate of drug-likeness (QED) is 0.925. The third-order valence-electron chi connectivity index (χ3n) is 2.63. The first kappa shape index (κ1) is 13.1. The van der Waals surface area contributed by atoms with Crippen molar-refractivity contribution in [2.24, 2.45) is 0 Å². The van der Waals surface area contributed by atoms with Crippen LogP contribution in [0.3, 0.4) is 0 Å². The summed E-state index contributed by atoms with van der Waals surface area (Å²) in [5.74, 6) is -0.229. The van der Waals surface area contributed by atoms with Gasteiger partial charge < -0.3 is 5.32 Å². The van der Waals surface area contributed by atoms with Gasteiger partial charge in [-0.15, -0.1) is 0 Å². The number of rotatable bonds is 3. The summed E-state index contributed by atoms with van der Waals surface area (Å²) < 4.78 is 0. The largest absolute Gasteiger partial charge is 0.322 e. The molecule has 0 bridgehead atoms. The van der Waals surface area contributed by atoms with Crippen LogP contribution in [0.25, 0.3) is 0 Å². The Labute approximate surface area is 116 Å². The van der Waals surface area contributed by atoms with E-state index in [9.17, 15) is 4.79 Å². The number of carbonyl (C=O) groups is 1. The predicted octanol–water partition coefficient (Wildman–Crippen LogP) is 3.66. The van der Waals surface area contributed by atoms with Crippen molar-refractivity contribution in [1.82, 2.24) is 0 Å². The lowest BCUT2D eigenvalue weighted by Crippen LogP contribution is -2.14. The van der Waals surface area contributed by atoms with E-state index in [0.29, 0.717) is 16.3 Å². The highest BCUT2D eigenvalue weighted by Gasteiger charge is 2.10. The lowest BCUT2D eigenvalue weighted by Gasteiger charge is -2.08. The van der Waals surface area contributed by atoms with Gasteiger partial charge in [0, 0.05) is 16.3 Å². The number of benzene rings is 2. The lowest BCUT2D eigenvalue weighted by molar-refractivity contribution is 0.102. The molecule has 0 fully saturated rings. The van der Waals surface area contributed by atoms with E-state index in [1.807, 2.05) is 6.07 Å². The molecule has 0 aliphatic heterocycles. The van der Waals surface area contributed by atoms with E-state index in [1.165, 1.54) is 0 Å². The number of nitrogens with one attached hydrogen (secondary N) is 1. The second-order valence-electron chi connectivity index (χ2n) is 3.95. The average molecular weight is 271 g/mol. The maximum atomic E-state index is 12.1. The molecule has 2 rings (SSSR count). The van der Waals surface area contributed by atoms with Crippen molar-refractivity contribution in [3.63, 3.8) is 0 Å². The molecule has 0 aliphatic carbocycles. The third kappa shape index (κ3) is 3.34. The molecular weight excluding hydrogens is 260 g/mol. The summed E-state index contributed by atoms with van der Waals surface area (Å²) in [6, 6.07) is 16.0. The zero-order valence-electron chi connectivity index (χ0n) is 10.1. The van der Waals surface area contributed by atoms with E-state index < -0.39 is 0 Å². The van der Waals surface area contributed by atoms with Gasteiger partial charge in [0.05, 0.1) is 12.5 Å². The maximum absolute atomic E-state index is 12.1. The molecule has 0 heterocycles. The fourth-order valence-electron chi connectivity index (χ4n) is 1.71. The molecule has 4 heteroatoms. The SMILES string of the molecule is N#CCc1ccccc1C(=O)Nc1ccc(Cl)cc1. The molecule has 1 N–H and O–H groups in total. The number of amides is 1. The van der Waals surface area contributed by atoms with Gasteiger partial charge in [-0.25, -0.2) is 0 Å². The summed E-state index contributed by atoms with van der Waals surface area (Å²) in [6.45, 7) is 0. The zero-order chi connectivity index (χ0) is 13.7. The van der Waals surface area contributed by atoms with Crippen LogP contribution in [0.15, 0.2) is 48.5 Å². The first-order valence-electron chi connectivity index (χ1n) is 5.72. The highest BCUT2D eigenvalue weighted by Crippen LogP contribution is 2.16. The van der Waals surface area contributed by atoms with Gasteiger partial charge in [0.15, 0.2) is 0 Å². The fraction of sp³-hybridized carbons (Fsp3) is 0.0667. The van der Waals surface area contributed by atoms with Crippen molar-refractivity contribution in [2.75, 3.05) is 5.32 Å². The Morgan fingerprint density at radius 2 is 1.84 bits per heavy atom. The molecule has 19 heavy (non-hydrogen) atoms. The lowest BCUT2D eigenvalue weighted by atomic mass is 10.0. The number of nitrogens with zero attached hydrogens (tertiary/aromatic N) is 1. The van der Waals surface area contributed by atoms with E-state index in [2.05, 4.69) is 11.4 Å². The molecular formula is C15H11ClN2O. The minimum Gasteiger partial charge on any atom is -0.322 e. The Balaban J connectivity index is 2.20. The molecule has 0 saturated heterocycles. The summed E-state index contributed by atoms with van der Waals surface area (Å²) in [5, 5.41) is 12.1. The van der Waals surface area contributed by atoms with E-state index in [-0.39, 0.29) is 12.3 Å². The summed E-state index contributed by atoms with van der Waals surface area (Å²) in [5.41, 5.74) is 1.90. The minimum atomic E-state index is -0.229. The number of nitriles is 1. The van der Waals surface area contributed by atoms with Crippen LogP contribution < -0.4 is 5.32 Å². The second-order valence-corrected chi connectivity index (χ2v) is 4.39. The molecule has 0 aliphatic rings. The molecule has 3 nitrogen and oxygen atoms in total. The molecule has 2 aromatic rings. The van der Waals surface area contributed by atoms with Crippen LogP contribution >= 0.6 is 11.6 Å². The van der Waals surface area contributed by atoms with Gasteiger partial charge >= 0.3 is 0 Å². The predicted molar refractivity (Wildman–Crippen MR) is 75.2 cm³/mol. The van der Waals surface area contributed by atoms with Crippen LogP contribution in [0.5, 0.6) is 0 Å². The smallest absolute Gasteiger partial charge is 0.255 e. The van der Waals surface area contributed by atoms with E-state index in [0.717, 1.165) is 5.56 Å². The van der Waals surface area contributed by atoms with Crippen LogP contribution in [0.1, 0.15) is 15.9 Å². The second kappa shape index (κ2) is 6.03. The number of anilines is 1. The van der Waals surface area contributed by atoms with Crippen molar-refractivity contribution in [3.05, 3.63) is 64.7 Å². The first-order chi connectivity index (χ1) is 9.20. The van der Waals surface area contributed by atoms with Gasteiger partial charge in [-0.3, -0.25) is 4.79 Å². The highest BCUT2D eigenvalue weighted by molar-refractivity contribution is 6.30. The maximum Gasteiger partial charge on any atom is 0.255 e. The van der Waals surface area contributed by atoms with Crippen molar-refractivity contribution < 1.29 is 4.79 Å². The topological polar surface area (TPSA) is 52.9 Å². The third-order valence-corrected chi connectivity index (χ3v) is 2.89. The highest BCUT2D eigenvalue weighted by atomic mass is 35.5. The Kier molecular flexibility index (Phi) is 4.17. The Morgan fingerprint density at radius 1 is 1.16 bits per heavy atom. The molecule has 0 saturated carbocycles. The zero-order valence-corrected chi connectivity index (χ0v) is 10.8. The van der Waals surface area contributed by atoms with Gasteiger partial charge in [0.2, 0.25) is 0 Å². The normalized spacial score (nSPS) is 9.68. The Bertz CT molecular complexity index is 629. The van der Waals surface area contributed by atoms with Crippen molar-refractivity contribution in [1.29, 1.82) is 5.26 Å². The van der Waals surface area contributed by atoms with Crippen LogP contribution in [0.2, 0.25) is 5.02 Å². The molecule has 94 valence electrons. The number of halogens is 1. The van der Waals surface area contributed by atoms with Crippen LogP contribution in [0, 0.1) is 11.3 Å². The molecule has 0 unspecified atom stereocenters. The molecule has 1 amide bonds. The molecule has 0 atom stereocenters. The van der Waals surface area contributed by atoms with Crippen LogP contribution in [0.4, 0.5) is 5.69 Å². The minimum absolute atomic E-state index is 0.213. The Morgan fingerprint density at radius 3 is 2.53 bits per heavy atom. The van der Waals surface area contributed by atoms with Gasteiger partial charge in [-0.1, -0.05) is 29.8 Å². The summed E-state index contributed by atoms with van der Waals surface area (Å²) >= 11 is 5.78. The summed E-state index contributed by atoms with van der Waals surface area (Å²) in [7, 11) is 0. The van der Waals surface area contributed by atoms with E-state index in [4.69, 9.17) is 16.9 Å². The van der Waals surface area contributed by atoms with E-state index in [1.54, 1.807) is 42.5 Å². The summed E-state index contributed by atoms with van der Waals surface area (Å²) in [6.07, 6.45) is 0.213. The van der Waals surface area contributed by atoms with Gasteiger partial charge in [0.1, 0.15) is 0 Å². The van der Waals surface area contributed by atoms with Crippen LogP contribution in [-0.4, -0.2) is 5.91 Å². The van der Waals surface area contributed by atoms with Crippen molar-refractivity contribution in [2.45, 2.75) is 6.42 Å². The van der Waals surface area contributed by atoms with Crippen LogP contribution in [-0.2, 0) is 6.42 Å². The fourth-order valence-corrected chi connectivity index (χ4v) is 1.84. The number of hydrogen-bond acceptors (Lipinski definition) is 2. The summed E-state index contributed by atoms with van der Waals surface area (Å²) in [4.78, 5) is 12.1. The Hall–Kier alpha value is -2.31. The van der Waals surface area contributed by atoms with E-state index >= 15 is 0 Å². The van der Waals surface area contributed by atoms with Crippen molar-refractivity contribution >= 4 is 23.2 Å². The monoisotopic (exact) mass is 270 g/mol. The molecule has 2 aromatic carbocycles. The molecule has 0 radical (unpaired) electrons. The molecule has 0 spiro atoms. The van der Waals surface area contributed by atoms with Gasteiger partial charge in [-0.2, -0.15) is 5.26 Å². The van der Waals surface area contributed by atoms with Gasteiger partial charge in [0.25, 0.3) is 5.91 Å².